The van der Waals surface area contributed by atoms with Crippen LogP contribution >= 0.6 is 0 Å². The molecule has 3 N–H and O–H groups in total. The summed E-state index contributed by atoms with van der Waals surface area (Å²) in [6, 6.07) is 5.70. The predicted octanol–water partition coefficient (Wildman–Crippen LogP) is 2.63. The fourth-order valence-corrected chi connectivity index (χ4v) is 2.25. The van der Waals surface area contributed by atoms with Crippen molar-refractivity contribution in [3.05, 3.63) is 43.0 Å². The highest BCUT2D eigenvalue weighted by molar-refractivity contribution is 5.89. The van der Waals surface area contributed by atoms with E-state index in [4.69, 9.17) is 5.73 Å². The molecule has 3 rings (SSSR count). The highest BCUT2D eigenvalue weighted by Gasteiger charge is 2.12. The summed E-state index contributed by atoms with van der Waals surface area (Å²) >= 11 is 0. The van der Waals surface area contributed by atoms with Crippen molar-refractivity contribution in [3.63, 3.8) is 0 Å². The average Bonchev–Trinajstić information content (AvgIpc) is 2.54. The molecule has 3 aromatic heterocycles. The zero-order chi connectivity index (χ0) is 16.3. The van der Waals surface area contributed by atoms with Crippen LogP contribution in [0.25, 0.3) is 22.3 Å². The Morgan fingerprint density at radius 3 is 2.52 bits per heavy atom. The van der Waals surface area contributed by atoms with E-state index in [0.717, 1.165) is 35.2 Å². The molecule has 0 radical (unpaired) electrons. The highest BCUT2D eigenvalue weighted by atomic mass is 15.0. The lowest BCUT2D eigenvalue weighted by atomic mass is 10.0. The molecule has 6 nitrogen and oxygen atoms in total. The molecule has 6 heteroatoms. The van der Waals surface area contributed by atoms with E-state index in [1.54, 1.807) is 24.8 Å². The standard InChI is InChI=1S/C17H20N6/c1-17(2,18)6-10-21-16-13-5-9-20-11-14(13)22-15(23-16)12-3-7-19-8-4-12/h3-5,7-9,11H,6,10,18H2,1-2H3,(H,21,22,23). The van der Waals surface area contributed by atoms with Crippen molar-refractivity contribution >= 4 is 16.7 Å². The number of hydrogen-bond acceptors (Lipinski definition) is 6. The third-order valence-corrected chi connectivity index (χ3v) is 3.50. The van der Waals surface area contributed by atoms with Gasteiger partial charge < -0.3 is 11.1 Å². The molecule has 118 valence electrons. The Hall–Kier alpha value is -2.60. The molecule has 0 saturated carbocycles. The summed E-state index contributed by atoms with van der Waals surface area (Å²) in [5.74, 6) is 1.45. The summed E-state index contributed by atoms with van der Waals surface area (Å²) in [6.07, 6.45) is 7.80. The van der Waals surface area contributed by atoms with E-state index in [1.165, 1.54) is 0 Å². The number of fused-ring (bicyclic) bond motifs is 1. The lowest BCUT2D eigenvalue weighted by Gasteiger charge is -2.19. The molecule has 3 heterocycles. The number of hydrogen-bond donors (Lipinski definition) is 2. The van der Waals surface area contributed by atoms with Gasteiger partial charge in [-0.15, -0.1) is 0 Å². The van der Waals surface area contributed by atoms with Gasteiger partial charge in [0.15, 0.2) is 5.82 Å². The van der Waals surface area contributed by atoms with Crippen molar-refractivity contribution in [3.8, 4) is 11.4 Å². The Labute approximate surface area is 135 Å². The Morgan fingerprint density at radius 2 is 1.78 bits per heavy atom. The molecule has 0 aliphatic rings. The summed E-state index contributed by atoms with van der Waals surface area (Å²) in [7, 11) is 0. The normalized spacial score (nSPS) is 11.6. The topological polar surface area (TPSA) is 89.6 Å². The van der Waals surface area contributed by atoms with Crippen LogP contribution < -0.4 is 11.1 Å². The quantitative estimate of drug-likeness (QED) is 0.753. The van der Waals surface area contributed by atoms with E-state index in [2.05, 4.69) is 25.3 Å². The Bertz CT molecular complexity index is 795. The minimum atomic E-state index is -0.217. The minimum Gasteiger partial charge on any atom is -0.369 e. The molecule has 0 bridgehead atoms. The maximum Gasteiger partial charge on any atom is 0.162 e. The van der Waals surface area contributed by atoms with E-state index in [1.807, 2.05) is 32.0 Å². The summed E-state index contributed by atoms with van der Waals surface area (Å²) in [5, 5.41) is 4.33. The van der Waals surface area contributed by atoms with Gasteiger partial charge in [-0.2, -0.15) is 0 Å². The molecule has 0 aliphatic carbocycles. The second-order valence-electron chi connectivity index (χ2n) is 6.19. The molecule has 0 saturated heterocycles. The van der Waals surface area contributed by atoms with Gasteiger partial charge in [0.05, 0.1) is 11.7 Å². The van der Waals surface area contributed by atoms with Crippen LogP contribution in [-0.2, 0) is 0 Å². The van der Waals surface area contributed by atoms with Crippen molar-refractivity contribution in [2.24, 2.45) is 5.73 Å². The predicted molar refractivity (Wildman–Crippen MR) is 91.9 cm³/mol. The summed E-state index contributed by atoms with van der Waals surface area (Å²) in [6.45, 7) is 4.77. The molecule has 0 unspecified atom stereocenters. The first-order valence-corrected chi connectivity index (χ1v) is 7.58. The molecule has 0 fully saturated rings. The first-order valence-electron chi connectivity index (χ1n) is 7.58. The van der Waals surface area contributed by atoms with Crippen molar-refractivity contribution in [1.82, 2.24) is 19.9 Å². The third-order valence-electron chi connectivity index (χ3n) is 3.50. The van der Waals surface area contributed by atoms with Crippen LogP contribution in [0.1, 0.15) is 20.3 Å². The Kier molecular flexibility index (Phi) is 4.16. The van der Waals surface area contributed by atoms with Crippen molar-refractivity contribution < 1.29 is 0 Å². The number of nitrogens with zero attached hydrogens (tertiary/aromatic N) is 4. The van der Waals surface area contributed by atoms with Crippen LogP contribution in [-0.4, -0.2) is 32.0 Å². The lowest BCUT2D eigenvalue weighted by Crippen LogP contribution is -2.34. The second-order valence-corrected chi connectivity index (χ2v) is 6.19. The van der Waals surface area contributed by atoms with Crippen molar-refractivity contribution in [2.45, 2.75) is 25.8 Å². The van der Waals surface area contributed by atoms with Crippen LogP contribution in [0.15, 0.2) is 43.0 Å². The van der Waals surface area contributed by atoms with Crippen molar-refractivity contribution in [2.75, 3.05) is 11.9 Å². The summed E-state index contributed by atoms with van der Waals surface area (Å²) in [5.41, 5.74) is 7.56. The van der Waals surface area contributed by atoms with Crippen LogP contribution in [0, 0.1) is 0 Å². The van der Waals surface area contributed by atoms with Gasteiger partial charge in [-0.05, 0) is 38.5 Å². The maximum atomic E-state index is 6.04. The van der Waals surface area contributed by atoms with Crippen LogP contribution in [0.2, 0.25) is 0 Å². The fraction of sp³-hybridized carbons (Fsp3) is 0.294. The van der Waals surface area contributed by atoms with Crippen molar-refractivity contribution in [1.29, 1.82) is 0 Å². The van der Waals surface area contributed by atoms with Crippen LogP contribution in [0.3, 0.4) is 0 Å². The second kappa shape index (κ2) is 6.26. The van der Waals surface area contributed by atoms with Gasteiger partial charge in [0.2, 0.25) is 0 Å². The molecule has 23 heavy (non-hydrogen) atoms. The van der Waals surface area contributed by atoms with E-state index in [-0.39, 0.29) is 5.54 Å². The lowest BCUT2D eigenvalue weighted by molar-refractivity contribution is 0.490. The van der Waals surface area contributed by atoms with Gasteiger partial charge in [0, 0.05) is 41.6 Å². The monoisotopic (exact) mass is 308 g/mol. The van der Waals surface area contributed by atoms with Gasteiger partial charge >= 0.3 is 0 Å². The maximum absolute atomic E-state index is 6.04. The van der Waals surface area contributed by atoms with E-state index >= 15 is 0 Å². The number of rotatable bonds is 5. The molecule has 3 aromatic rings. The molecule has 0 amide bonds. The molecular weight excluding hydrogens is 288 g/mol. The molecule has 0 aliphatic heterocycles. The molecule has 0 aromatic carbocycles. The smallest absolute Gasteiger partial charge is 0.162 e. The zero-order valence-electron chi connectivity index (χ0n) is 13.3. The van der Waals surface area contributed by atoms with E-state index in [0.29, 0.717) is 5.82 Å². The van der Waals surface area contributed by atoms with Gasteiger partial charge in [-0.3, -0.25) is 9.97 Å². The number of aromatic nitrogens is 4. The number of nitrogens with one attached hydrogen (secondary N) is 1. The highest BCUT2D eigenvalue weighted by Crippen LogP contribution is 2.24. The molecular formula is C17H20N6. The van der Waals surface area contributed by atoms with E-state index in [9.17, 15) is 0 Å². The number of nitrogens with two attached hydrogens (primary N) is 1. The Balaban J connectivity index is 1.98. The zero-order valence-corrected chi connectivity index (χ0v) is 13.3. The third kappa shape index (κ3) is 3.78. The van der Waals surface area contributed by atoms with Crippen LogP contribution in [0.4, 0.5) is 5.82 Å². The fourth-order valence-electron chi connectivity index (χ4n) is 2.25. The largest absolute Gasteiger partial charge is 0.369 e. The van der Waals surface area contributed by atoms with E-state index < -0.39 is 0 Å². The number of pyridine rings is 2. The number of anilines is 1. The van der Waals surface area contributed by atoms with Crippen LogP contribution in [0.5, 0.6) is 0 Å². The summed E-state index contributed by atoms with van der Waals surface area (Å²) < 4.78 is 0. The van der Waals surface area contributed by atoms with Gasteiger partial charge in [0.1, 0.15) is 5.82 Å². The summed E-state index contributed by atoms with van der Waals surface area (Å²) in [4.78, 5) is 17.5. The molecule has 0 atom stereocenters. The van der Waals surface area contributed by atoms with Gasteiger partial charge in [0.25, 0.3) is 0 Å². The molecule has 0 spiro atoms. The Morgan fingerprint density at radius 1 is 1.04 bits per heavy atom. The average molecular weight is 308 g/mol. The minimum absolute atomic E-state index is 0.217. The van der Waals surface area contributed by atoms with Gasteiger partial charge in [-0.25, -0.2) is 9.97 Å². The van der Waals surface area contributed by atoms with Gasteiger partial charge in [-0.1, -0.05) is 0 Å². The first-order chi connectivity index (χ1) is 11.0. The first kappa shape index (κ1) is 15.3. The SMILES string of the molecule is CC(C)(N)CCNc1nc(-c2ccncc2)nc2cnccc12.